The summed E-state index contributed by atoms with van der Waals surface area (Å²) < 4.78 is 0. The van der Waals surface area contributed by atoms with Crippen molar-refractivity contribution in [2.75, 3.05) is 24.2 Å². The number of aromatic amines is 1. The van der Waals surface area contributed by atoms with Crippen molar-refractivity contribution in [3.05, 3.63) is 36.4 Å². The van der Waals surface area contributed by atoms with Gasteiger partial charge in [0.15, 0.2) is 5.65 Å². The molecular formula is C14H15N5O. The van der Waals surface area contributed by atoms with E-state index in [0.717, 1.165) is 22.6 Å². The van der Waals surface area contributed by atoms with Crippen LogP contribution in [0.3, 0.4) is 0 Å². The topological polar surface area (TPSA) is 99.9 Å². The van der Waals surface area contributed by atoms with Gasteiger partial charge in [-0.05, 0) is 36.4 Å². The lowest BCUT2D eigenvalue weighted by atomic mass is 10.2. The average Bonchev–Trinajstić information content (AvgIpc) is 2.88. The predicted octanol–water partition coefficient (Wildman–Crippen LogP) is 1.61. The van der Waals surface area contributed by atoms with Crippen molar-refractivity contribution >= 4 is 22.7 Å². The van der Waals surface area contributed by atoms with Gasteiger partial charge in [-0.3, -0.25) is 0 Å². The maximum absolute atomic E-state index is 8.77. The number of nitrogens with zero attached hydrogens (tertiary/aromatic N) is 2. The minimum absolute atomic E-state index is 0.110. The van der Waals surface area contributed by atoms with Gasteiger partial charge in [-0.1, -0.05) is 0 Å². The van der Waals surface area contributed by atoms with Gasteiger partial charge in [0, 0.05) is 17.8 Å². The number of rotatable bonds is 4. The first-order valence-corrected chi connectivity index (χ1v) is 6.33. The minimum Gasteiger partial charge on any atom is -0.395 e. The summed E-state index contributed by atoms with van der Waals surface area (Å²) in [5.74, 6) is 1.21. The Morgan fingerprint density at radius 2 is 1.90 bits per heavy atom. The molecule has 0 aliphatic rings. The summed E-state index contributed by atoms with van der Waals surface area (Å²) in [6.07, 6.45) is 0. The van der Waals surface area contributed by atoms with Gasteiger partial charge in [0.25, 0.3) is 0 Å². The molecule has 6 nitrogen and oxygen atoms in total. The monoisotopic (exact) mass is 269 g/mol. The number of nitrogens with one attached hydrogen (secondary N) is 2. The molecule has 0 atom stereocenters. The van der Waals surface area contributed by atoms with Crippen LogP contribution in [0.25, 0.3) is 22.6 Å². The number of imidazole rings is 1. The van der Waals surface area contributed by atoms with E-state index in [2.05, 4.69) is 20.3 Å². The van der Waals surface area contributed by atoms with Gasteiger partial charge in [-0.2, -0.15) is 0 Å². The quantitative estimate of drug-likeness (QED) is 0.576. The molecule has 0 saturated carbocycles. The van der Waals surface area contributed by atoms with Gasteiger partial charge in [0.1, 0.15) is 11.6 Å². The molecule has 0 aliphatic carbocycles. The number of nitrogens with two attached hydrogens (primary N) is 1. The number of hydrogen-bond donors (Lipinski definition) is 4. The van der Waals surface area contributed by atoms with Crippen molar-refractivity contribution in [3.8, 4) is 11.4 Å². The van der Waals surface area contributed by atoms with Gasteiger partial charge < -0.3 is 21.1 Å². The van der Waals surface area contributed by atoms with Crippen LogP contribution in [0.15, 0.2) is 36.4 Å². The number of aliphatic hydroxyl groups excluding tert-OH is 1. The molecule has 1 aromatic carbocycles. The summed E-state index contributed by atoms with van der Waals surface area (Å²) >= 11 is 0. The Morgan fingerprint density at radius 1 is 1.10 bits per heavy atom. The highest BCUT2D eigenvalue weighted by Gasteiger charge is 2.06. The van der Waals surface area contributed by atoms with E-state index in [1.807, 2.05) is 30.3 Å². The Labute approximate surface area is 115 Å². The zero-order valence-electron chi connectivity index (χ0n) is 10.8. The van der Waals surface area contributed by atoms with Gasteiger partial charge in [-0.25, -0.2) is 9.97 Å². The standard InChI is InChI=1S/C14H15N5O/c15-12-6-5-11-14(18-12)19-13(17-11)9-1-3-10(4-2-9)16-7-8-20/h1-6,16,20H,7-8H2,(H3,15,17,18,19). The zero-order chi connectivity index (χ0) is 13.9. The maximum Gasteiger partial charge on any atom is 0.180 e. The number of aliphatic hydroxyl groups is 1. The first-order valence-electron chi connectivity index (χ1n) is 6.33. The second kappa shape index (κ2) is 5.18. The molecule has 0 radical (unpaired) electrons. The highest BCUT2D eigenvalue weighted by Crippen LogP contribution is 2.21. The SMILES string of the molecule is Nc1ccc2[nH]c(-c3ccc(NCCO)cc3)nc2n1. The number of nitrogen functional groups attached to an aromatic ring is 1. The fraction of sp³-hybridized carbons (Fsp3) is 0.143. The van der Waals surface area contributed by atoms with Gasteiger partial charge in [-0.15, -0.1) is 0 Å². The first kappa shape index (κ1) is 12.4. The van der Waals surface area contributed by atoms with Crippen molar-refractivity contribution in [1.82, 2.24) is 15.0 Å². The van der Waals surface area contributed by atoms with E-state index in [0.29, 0.717) is 18.0 Å². The smallest absolute Gasteiger partial charge is 0.180 e. The number of anilines is 2. The van der Waals surface area contributed by atoms with Crippen molar-refractivity contribution in [3.63, 3.8) is 0 Å². The Morgan fingerprint density at radius 3 is 2.65 bits per heavy atom. The number of aromatic nitrogens is 3. The van der Waals surface area contributed by atoms with E-state index in [9.17, 15) is 0 Å². The molecule has 0 bridgehead atoms. The summed E-state index contributed by atoms with van der Waals surface area (Å²) in [5, 5.41) is 11.9. The first-order chi connectivity index (χ1) is 9.76. The lowest BCUT2D eigenvalue weighted by molar-refractivity contribution is 0.311. The Balaban J connectivity index is 1.90. The lowest BCUT2D eigenvalue weighted by Gasteiger charge is -2.04. The van der Waals surface area contributed by atoms with Crippen LogP contribution in [0.4, 0.5) is 11.5 Å². The molecule has 3 rings (SSSR count). The van der Waals surface area contributed by atoms with E-state index >= 15 is 0 Å². The van der Waals surface area contributed by atoms with Crippen molar-refractivity contribution in [2.24, 2.45) is 0 Å². The molecule has 0 amide bonds. The summed E-state index contributed by atoms with van der Waals surface area (Å²) in [5.41, 5.74) is 9.04. The number of fused-ring (bicyclic) bond motifs is 1. The lowest BCUT2D eigenvalue weighted by Crippen LogP contribution is -2.04. The fourth-order valence-electron chi connectivity index (χ4n) is 1.99. The Kier molecular flexibility index (Phi) is 3.22. The van der Waals surface area contributed by atoms with Gasteiger partial charge in [0.2, 0.25) is 0 Å². The summed E-state index contributed by atoms with van der Waals surface area (Å²) in [4.78, 5) is 11.8. The van der Waals surface area contributed by atoms with E-state index in [-0.39, 0.29) is 6.61 Å². The normalized spacial score (nSPS) is 10.8. The Bertz CT molecular complexity index is 720. The molecule has 5 N–H and O–H groups in total. The van der Waals surface area contributed by atoms with Crippen LogP contribution in [-0.2, 0) is 0 Å². The summed E-state index contributed by atoms with van der Waals surface area (Å²) in [6.45, 7) is 0.644. The highest BCUT2D eigenvalue weighted by atomic mass is 16.3. The second-order valence-corrected chi connectivity index (χ2v) is 4.42. The van der Waals surface area contributed by atoms with Crippen LogP contribution in [0.1, 0.15) is 0 Å². The molecule has 0 saturated heterocycles. The second-order valence-electron chi connectivity index (χ2n) is 4.42. The highest BCUT2D eigenvalue weighted by molar-refractivity contribution is 5.77. The molecule has 2 aromatic heterocycles. The van der Waals surface area contributed by atoms with Crippen LogP contribution in [-0.4, -0.2) is 33.2 Å². The largest absolute Gasteiger partial charge is 0.395 e. The number of pyridine rings is 1. The molecule has 102 valence electrons. The van der Waals surface area contributed by atoms with E-state index in [1.165, 1.54) is 0 Å². The molecule has 2 heterocycles. The minimum atomic E-state index is 0.110. The van der Waals surface area contributed by atoms with Crippen LogP contribution in [0.2, 0.25) is 0 Å². The van der Waals surface area contributed by atoms with E-state index < -0.39 is 0 Å². The molecule has 0 unspecified atom stereocenters. The number of hydrogen-bond acceptors (Lipinski definition) is 5. The molecule has 3 aromatic rings. The molecule has 0 aliphatic heterocycles. The van der Waals surface area contributed by atoms with Crippen molar-refractivity contribution in [2.45, 2.75) is 0 Å². The number of H-pyrrole nitrogens is 1. The fourth-order valence-corrected chi connectivity index (χ4v) is 1.99. The third-order valence-electron chi connectivity index (χ3n) is 2.97. The van der Waals surface area contributed by atoms with Crippen molar-refractivity contribution < 1.29 is 5.11 Å². The van der Waals surface area contributed by atoms with Crippen LogP contribution < -0.4 is 11.1 Å². The van der Waals surface area contributed by atoms with Crippen LogP contribution >= 0.6 is 0 Å². The number of benzene rings is 1. The molecule has 0 fully saturated rings. The summed E-state index contributed by atoms with van der Waals surface area (Å²) in [6, 6.07) is 11.4. The molecular weight excluding hydrogens is 254 g/mol. The molecule has 20 heavy (non-hydrogen) atoms. The van der Waals surface area contributed by atoms with Gasteiger partial charge >= 0.3 is 0 Å². The van der Waals surface area contributed by atoms with E-state index in [4.69, 9.17) is 10.8 Å². The Hall–Kier alpha value is -2.60. The van der Waals surface area contributed by atoms with Crippen molar-refractivity contribution in [1.29, 1.82) is 0 Å². The summed E-state index contributed by atoms with van der Waals surface area (Å²) in [7, 11) is 0. The third-order valence-corrected chi connectivity index (χ3v) is 2.97. The average molecular weight is 269 g/mol. The third kappa shape index (κ3) is 2.41. The predicted molar refractivity (Wildman–Crippen MR) is 79.3 cm³/mol. The molecule has 6 heteroatoms. The maximum atomic E-state index is 8.77. The zero-order valence-corrected chi connectivity index (χ0v) is 10.8. The van der Waals surface area contributed by atoms with Gasteiger partial charge in [0.05, 0.1) is 12.1 Å². The van der Waals surface area contributed by atoms with E-state index in [1.54, 1.807) is 6.07 Å². The van der Waals surface area contributed by atoms with Crippen LogP contribution in [0, 0.1) is 0 Å². The molecule has 0 spiro atoms. The van der Waals surface area contributed by atoms with Crippen LogP contribution in [0.5, 0.6) is 0 Å².